The third kappa shape index (κ3) is 3.63. The molecule has 0 amide bonds. The van der Waals surface area contributed by atoms with E-state index in [4.69, 9.17) is 0 Å². The first-order chi connectivity index (χ1) is 9.84. The molecule has 21 heavy (non-hydrogen) atoms. The van der Waals surface area contributed by atoms with Gasteiger partial charge in [0.05, 0.1) is 0 Å². The lowest BCUT2D eigenvalue weighted by Crippen LogP contribution is -2.18. The van der Waals surface area contributed by atoms with E-state index in [1.54, 1.807) is 0 Å². The lowest BCUT2D eigenvalue weighted by molar-refractivity contribution is 0.578. The Morgan fingerprint density at radius 3 is 2.29 bits per heavy atom. The molecule has 2 heteroatoms. The maximum atomic E-state index is 3.61. The first kappa shape index (κ1) is 15.6. The average molecular weight is 298 g/mol. The van der Waals surface area contributed by atoms with Crippen molar-refractivity contribution < 1.29 is 0 Å². The van der Waals surface area contributed by atoms with Crippen molar-refractivity contribution in [1.82, 2.24) is 5.32 Å². The summed E-state index contributed by atoms with van der Waals surface area (Å²) in [4.78, 5) is 0. The standard InChI is InChI=1S/C19H19N.ClH/c1-15(20-14-16-8-3-2-4-9-16)18-13-7-11-17-10-5-6-12-19(17)18;/h2-13,15,20H,14H2,1H3;1H/t15-;/m1./s1. The first-order valence-electron chi connectivity index (χ1n) is 7.09. The molecule has 0 radical (unpaired) electrons. The van der Waals surface area contributed by atoms with Gasteiger partial charge in [-0.1, -0.05) is 72.8 Å². The van der Waals surface area contributed by atoms with Crippen LogP contribution in [0.25, 0.3) is 10.8 Å². The fourth-order valence-electron chi connectivity index (χ4n) is 2.60. The van der Waals surface area contributed by atoms with E-state index in [0.717, 1.165) is 6.54 Å². The van der Waals surface area contributed by atoms with Gasteiger partial charge in [0.1, 0.15) is 0 Å². The summed E-state index contributed by atoms with van der Waals surface area (Å²) in [5, 5.41) is 6.25. The van der Waals surface area contributed by atoms with Crippen molar-refractivity contribution >= 4 is 23.2 Å². The number of fused-ring (bicyclic) bond motifs is 1. The molecule has 0 unspecified atom stereocenters. The van der Waals surface area contributed by atoms with E-state index in [1.807, 2.05) is 0 Å². The molecule has 0 aliphatic heterocycles. The van der Waals surface area contributed by atoms with Crippen molar-refractivity contribution in [2.24, 2.45) is 0 Å². The predicted molar refractivity (Wildman–Crippen MR) is 92.9 cm³/mol. The van der Waals surface area contributed by atoms with E-state index in [9.17, 15) is 0 Å². The molecule has 0 aliphatic rings. The summed E-state index contributed by atoms with van der Waals surface area (Å²) < 4.78 is 0. The molecule has 3 rings (SSSR count). The molecule has 0 heterocycles. The van der Waals surface area contributed by atoms with Crippen LogP contribution in [0.5, 0.6) is 0 Å². The number of rotatable bonds is 4. The maximum Gasteiger partial charge on any atom is 0.0301 e. The second-order valence-corrected chi connectivity index (χ2v) is 5.16. The summed E-state index contributed by atoms with van der Waals surface area (Å²) >= 11 is 0. The van der Waals surface area contributed by atoms with E-state index >= 15 is 0 Å². The molecule has 0 saturated heterocycles. The summed E-state index contributed by atoms with van der Waals surface area (Å²) in [6.07, 6.45) is 0. The molecule has 1 N–H and O–H groups in total. The summed E-state index contributed by atoms with van der Waals surface area (Å²) in [6, 6.07) is 26.0. The highest BCUT2D eigenvalue weighted by atomic mass is 35.5. The Morgan fingerprint density at radius 2 is 1.48 bits per heavy atom. The van der Waals surface area contributed by atoms with Gasteiger partial charge in [0.25, 0.3) is 0 Å². The zero-order chi connectivity index (χ0) is 13.8. The summed E-state index contributed by atoms with van der Waals surface area (Å²) in [6.45, 7) is 3.12. The summed E-state index contributed by atoms with van der Waals surface area (Å²) in [5.41, 5.74) is 2.68. The van der Waals surface area contributed by atoms with E-state index in [1.165, 1.54) is 21.9 Å². The molecular formula is C19H20ClN. The van der Waals surface area contributed by atoms with Crippen LogP contribution < -0.4 is 5.32 Å². The van der Waals surface area contributed by atoms with Crippen molar-refractivity contribution in [2.45, 2.75) is 19.5 Å². The quantitative estimate of drug-likeness (QED) is 0.705. The van der Waals surface area contributed by atoms with E-state index in [-0.39, 0.29) is 12.4 Å². The highest BCUT2D eigenvalue weighted by molar-refractivity contribution is 5.86. The molecule has 1 atom stereocenters. The third-order valence-corrected chi connectivity index (χ3v) is 3.75. The Balaban J connectivity index is 0.00000161. The van der Waals surface area contributed by atoms with Crippen molar-refractivity contribution in [3.05, 3.63) is 83.9 Å². The lowest BCUT2D eigenvalue weighted by Gasteiger charge is -2.16. The summed E-state index contributed by atoms with van der Waals surface area (Å²) in [5.74, 6) is 0. The van der Waals surface area contributed by atoms with Crippen LogP contribution in [0.15, 0.2) is 72.8 Å². The van der Waals surface area contributed by atoms with Gasteiger partial charge >= 0.3 is 0 Å². The second kappa shape index (κ2) is 7.26. The number of halogens is 1. The molecule has 0 fully saturated rings. The van der Waals surface area contributed by atoms with Crippen molar-refractivity contribution in [2.75, 3.05) is 0 Å². The average Bonchev–Trinajstić information content (AvgIpc) is 2.53. The van der Waals surface area contributed by atoms with Gasteiger partial charge in [0.15, 0.2) is 0 Å². The molecule has 108 valence electrons. The Kier molecular flexibility index (Phi) is 5.38. The summed E-state index contributed by atoms with van der Waals surface area (Å²) in [7, 11) is 0. The topological polar surface area (TPSA) is 12.0 Å². The monoisotopic (exact) mass is 297 g/mol. The van der Waals surface area contributed by atoms with Crippen LogP contribution in [0, 0.1) is 0 Å². The lowest BCUT2D eigenvalue weighted by atomic mass is 9.99. The van der Waals surface area contributed by atoms with Crippen LogP contribution in [-0.2, 0) is 6.54 Å². The number of nitrogens with one attached hydrogen (secondary N) is 1. The molecule has 0 aromatic heterocycles. The zero-order valence-corrected chi connectivity index (χ0v) is 12.9. The fourth-order valence-corrected chi connectivity index (χ4v) is 2.60. The molecule has 0 spiro atoms. The number of hydrogen-bond acceptors (Lipinski definition) is 1. The highest BCUT2D eigenvalue weighted by Crippen LogP contribution is 2.24. The van der Waals surface area contributed by atoms with Crippen LogP contribution in [-0.4, -0.2) is 0 Å². The Morgan fingerprint density at radius 1 is 0.810 bits per heavy atom. The fraction of sp³-hybridized carbons (Fsp3) is 0.158. The van der Waals surface area contributed by atoms with Crippen LogP contribution in [0.3, 0.4) is 0 Å². The van der Waals surface area contributed by atoms with Crippen LogP contribution in [0.2, 0.25) is 0 Å². The van der Waals surface area contributed by atoms with Crippen LogP contribution in [0.1, 0.15) is 24.1 Å². The normalized spacial score (nSPS) is 11.9. The molecule has 0 saturated carbocycles. The zero-order valence-electron chi connectivity index (χ0n) is 12.1. The van der Waals surface area contributed by atoms with Gasteiger partial charge in [-0.05, 0) is 28.8 Å². The second-order valence-electron chi connectivity index (χ2n) is 5.16. The highest BCUT2D eigenvalue weighted by Gasteiger charge is 2.08. The minimum absolute atomic E-state index is 0. The smallest absolute Gasteiger partial charge is 0.0301 e. The molecule has 3 aromatic carbocycles. The molecular weight excluding hydrogens is 278 g/mol. The molecule has 3 aromatic rings. The first-order valence-corrected chi connectivity index (χ1v) is 7.09. The van der Waals surface area contributed by atoms with Crippen molar-refractivity contribution in [3.63, 3.8) is 0 Å². The van der Waals surface area contributed by atoms with Gasteiger partial charge in [-0.25, -0.2) is 0 Å². The third-order valence-electron chi connectivity index (χ3n) is 3.75. The number of benzene rings is 3. The van der Waals surface area contributed by atoms with E-state index in [0.29, 0.717) is 6.04 Å². The SMILES string of the molecule is C[C@@H](NCc1ccccc1)c1cccc2ccccc12.Cl. The van der Waals surface area contributed by atoms with E-state index in [2.05, 4.69) is 85.0 Å². The van der Waals surface area contributed by atoms with Gasteiger partial charge in [0, 0.05) is 12.6 Å². The van der Waals surface area contributed by atoms with Crippen LogP contribution in [0.4, 0.5) is 0 Å². The number of hydrogen-bond donors (Lipinski definition) is 1. The van der Waals surface area contributed by atoms with Gasteiger partial charge in [0.2, 0.25) is 0 Å². The predicted octanol–water partition coefficient (Wildman–Crippen LogP) is 5.11. The Bertz CT molecular complexity index is 689. The molecule has 1 nitrogen and oxygen atoms in total. The van der Waals surface area contributed by atoms with Gasteiger partial charge < -0.3 is 5.32 Å². The van der Waals surface area contributed by atoms with Gasteiger partial charge in [-0.2, -0.15) is 0 Å². The van der Waals surface area contributed by atoms with Crippen molar-refractivity contribution in [3.8, 4) is 0 Å². The van der Waals surface area contributed by atoms with Gasteiger partial charge in [-0.15, -0.1) is 12.4 Å². The molecule has 0 aliphatic carbocycles. The van der Waals surface area contributed by atoms with Crippen molar-refractivity contribution in [1.29, 1.82) is 0 Å². The minimum atomic E-state index is 0. The Hall–Kier alpha value is -1.83. The largest absolute Gasteiger partial charge is 0.306 e. The van der Waals surface area contributed by atoms with E-state index < -0.39 is 0 Å². The maximum absolute atomic E-state index is 3.61. The molecule has 0 bridgehead atoms. The van der Waals surface area contributed by atoms with Gasteiger partial charge in [-0.3, -0.25) is 0 Å². The minimum Gasteiger partial charge on any atom is -0.306 e. The van der Waals surface area contributed by atoms with Crippen LogP contribution >= 0.6 is 12.4 Å². The Labute approximate surface area is 132 Å².